The molecular weight excluding hydrogens is 292 g/mol. The predicted molar refractivity (Wildman–Crippen MR) is 79.8 cm³/mol. The second-order valence-electron chi connectivity index (χ2n) is 6.08. The lowest BCUT2D eigenvalue weighted by Gasteiger charge is -2.30. The van der Waals surface area contributed by atoms with Gasteiger partial charge >= 0.3 is 6.61 Å². The van der Waals surface area contributed by atoms with Crippen molar-refractivity contribution in [2.24, 2.45) is 0 Å². The number of nitrogens with zero attached hydrogens (tertiary/aromatic N) is 1. The minimum absolute atomic E-state index is 0.134. The summed E-state index contributed by atoms with van der Waals surface area (Å²) in [5, 5.41) is 9.31. The van der Waals surface area contributed by atoms with E-state index in [9.17, 15) is 14.0 Å². The number of halogens is 2. The van der Waals surface area contributed by atoms with Crippen LogP contribution in [0.3, 0.4) is 0 Å². The third-order valence-corrected chi connectivity index (χ3v) is 3.87. The highest BCUT2D eigenvalue weighted by atomic mass is 28.4. The molecule has 0 spiro atoms. The smallest absolute Gasteiger partial charge is 0.387 e. The zero-order valence-electron chi connectivity index (χ0n) is 12.8. The van der Waals surface area contributed by atoms with E-state index in [4.69, 9.17) is 4.43 Å². The summed E-state index contributed by atoms with van der Waals surface area (Å²) in [6.07, 6.45) is 1.20. The molecule has 21 heavy (non-hydrogen) atoms. The molecular formula is C15H21F2NO2Si. The Morgan fingerprint density at radius 1 is 1.24 bits per heavy atom. The van der Waals surface area contributed by atoms with Crippen LogP contribution in [0.15, 0.2) is 24.3 Å². The molecule has 1 atom stereocenters. The second-order valence-corrected chi connectivity index (χ2v) is 10.5. The van der Waals surface area contributed by atoms with Crippen molar-refractivity contribution >= 4 is 8.32 Å². The van der Waals surface area contributed by atoms with E-state index < -0.39 is 20.5 Å². The Kier molecular flexibility index (Phi) is 5.87. The molecule has 1 rings (SSSR count). The van der Waals surface area contributed by atoms with Crippen LogP contribution in [-0.4, -0.2) is 20.5 Å². The van der Waals surface area contributed by atoms with Crippen LogP contribution in [0.25, 0.3) is 0 Å². The summed E-state index contributed by atoms with van der Waals surface area (Å²) in [6, 6.07) is 8.69. The quantitative estimate of drug-likeness (QED) is 0.703. The SMILES string of the molecule is CC(C#N)(CCc1ccc(OC(F)F)cc1)O[Si](C)(C)C. The number of nitriles is 1. The summed E-state index contributed by atoms with van der Waals surface area (Å²) in [4.78, 5) is 0. The van der Waals surface area contributed by atoms with Crippen LogP contribution in [0.5, 0.6) is 5.75 Å². The zero-order valence-corrected chi connectivity index (χ0v) is 13.8. The van der Waals surface area contributed by atoms with Gasteiger partial charge in [-0.3, -0.25) is 0 Å². The van der Waals surface area contributed by atoms with Gasteiger partial charge in [0.15, 0.2) is 8.32 Å². The van der Waals surface area contributed by atoms with E-state index in [1.54, 1.807) is 19.1 Å². The molecule has 1 unspecified atom stereocenters. The van der Waals surface area contributed by atoms with Crippen LogP contribution in [0.4, 0.5) is 8.78 Å². The van der Waals surface area contributed by atoms with E-state index in [-0.39, 0.29) is 5.75 Å². The minimum atomic E-state index is -2.82. The summed E-state index contributed by atoms with van der Waals surface area (Å²) in [7, 11) is -1.80. The largest absolute Gasteiger partial charge is 0.435 e. The van der Waals surface area contributed by atoms with Crippen LogP contribution in [0.2, 0.25) is 19.6 Å². The van der Waals surface area contributed by atoms with Crippen LogP contribution >= 0.6 is 0 Å². The first-order chi connectivity index (χ1) is 9.63. The minimum Gasteiger partial charge on any atom is -0.435 e. The maximum Gasteiger partial charge on any atom is 0.387 e. The highest BCUT2D eigenvalue weighted by molar-refractivity contribution is 6.69. The maximum absolute atomic E-state index is 12.1. The highest BCUT2D eigenvalue weighted by Crippen LogP contribution is 2.24. The highest BCUT2D eigenvalue weighted by Gasteiger charge is 2.31. The number of hydrogen-bond acceptors (Lipinski definition) is 3. The molecule has 116 valence electrons. The summed E-state index contributed by atoms with van der Waals surface area (Å²) in [5.41, 5.74) is 0.139. The van der Waals surface area contributed by atoms with Crippen molar-refractivity contribution in [3.63, 3.8) is 0 Å². The Morgan fingerprint density at radius 3 is 2.24 bits per heavy atom. The first-order valence-electron chi connectivity index (χ1n) is 6.79. The van der Waals surface area contributed by atoms with Gasteiger partial charge in [-0.2, -0.15) is 14.0 Å². The molecule has 0 amide bonds. The summed E-state index contributed by atoms with van der Waals surface area (Å²) in [6.45, 7) is 5.10. The van der Waals surface area contributed by atoms with Gasteiger partial charge in [0, 0.05) is 0 Å². The number of hydrogen-bond donors (Lipinski definition) is 0. The van der Waals surface area contributed by atoms with Crippen LogP contribution in [0.1, 0.15) is 18.9 Å². The van der Waals surface area contributed by atoms with Crippen molar-refractivity contribution in [1.82, 2.24) is 0 Å². The average Bonchev–Trinajstić information content (AvgIpc) is 2.35. The van der Waals surface area contributed by atoms with Gasteiger partial charge in [-0.05, 0) is 57.1 Å². The molecule has 0 fully saturated rings. The van der Waals surface area contributed by atoms with E-state index in [1.165, 1.54) is 12.1 Å². The van der Waals surface area contributed by atoms with Crippen LogP contribution in [0, 0.1) is 11.3 Å². The number of aryl methyl sites for hydroxylation is 1. The third-order valence-electron chi connectivity index (χ3n) is 2.81. The molecule has 0 aliphatic heterocycles. The van der Waals surface area contributed by atoms with Gasteiger partial charge in [-0.25, -0.2) is 0 Å². The number of benzene rings is 1. The summed E-state index contributed by atoms with van der Waals surface area (Å²) < 4.78 is 34.3. The fourth-order valence-electron chi connectivity index (χ4n) is 2.03. The molecule has 0 bridgehead atoms. The Hall–Kier alpha value is -1.45. The Balaban J connectivity index is 2.63. The average molecular weight is 313 g/mol. The molecule has 0 saturated heterocycles. The fraction of sp³-hybridized carbons (Fsp3) is 0.533. The van der Waals surface area contributed by atoms with Crippen molar-refractivity contribution in [3.05, 3.63) is 29.8 Å². The van der Waals surface area contributed by atoms with Crippen molar-refractivity contribution in [2.75, 3.05) is 0 Å². The molecule has 3 nitrogen and oxygen atoms in total. The predicted octanol–water partition coefficient (Wildman–Crippen LogP) is 4.35. The molecule has 1 aromatic carbocycles. The second kappa shape index (κ2) is 7.01. The Bertz CT molecular complexity index is 494. The lowest BCUT2D eigenvalue weighted by atomic mass is 9.98. The summed E-state index contributed by atoms with van der Waals surface area (Å²) in [5.74, 6) is 0.134. The topological polar surface area (TPSA) is 42.2 Å². The monoisotopic (exact) mass is 313 g/mol. The summed E-state index contributed by atoms with van der Waals surface area (Å²) >= 11 is 0. The molecule has 0 N–H and O–H groups in total. The van der Waals surface area contributed by atoms with Crippen molar-refractivity contribution in [3.8, 4) is 11.8 Å². The maximum atomic E-state index is 12.1. The molecule has 0 heterocycles. The first kappa shape index (κ1) is 17.6. The lowest BCUT2D eigenvalue weighted by Crippen LogP contribution is -2.39. The molecule has 1 aromatic rings. The van der Waals surface area contributed by atoms with Gasteiger partial charge < -0.3 is 9.16 Å². The molecule has 6 heteroatoms. The van der Waals surface area contributed by atoms with Gasteiger partial charge in [0.1, 0.15) is 11.4 Å². The van der Waals surface area contributed by atoms with Gasteiger partial charge in [0.2, 0.25) is 0 Å². The van der Waals surface area contributed by atoms with Crippen LogP contribution in [-0.2, 0) is 10.8 Å². The van der Waals surface area contributed by atoms with Crippen molar-refractivity contribution in [1.29, 1.82) is 5.26 Å². The zero-order chi connectivity index (χ0) is 16.1. The first-order valence-corrected chi connectivity index (χ1v) is 10.2. The van der Waals surface area contributed by atoms with Gasteiger partial charge in [0.25, 0.3) is 0 Å². The Morgan fingerprint density at radius 2 is 1.81 bits per heavy atom. The molecule has 0 saturated carbocycles. The molecule has 0 aliphatic carbocycles. The number of ether oxygens (including phenoxy) is 1. The van der Waals surface area contributed by atoms with Crippen molar-refractivity contribution < 1.29 is 17.9 Å². The van der Waals surface area contributed by atoms with E-state index in [2.05, 4.69) is 10.8 Å². The van der Waals surface area contributed by atoms with E-state index >= 15 is 0 Å². The van der Waals surface area contributed by atoms with E-state index in [0.717, 1.165) is 5.56 Å². The number of rotatable bonds is 7. The Labute approximate surface area is 125 Å². The van der Waals surface area contributed by atoms with E-state index in [1.807, 2.05) is 19.6 Å². The lowest BCUT2D eigenvalue weighted by molar-refractivity contribution is -0.0498. The number of alkyl halides is 2. The third kappa shape index (κ3) is 6.69. The van der Waals surface area contributed by atoms with E-state index in [0.29, 0.717) is 12.8 Å². The van der Waals surface area contributed by atoms with Gasteiger partial charge in [-0.1, -0.05) is 12.1 Å². The van der Waals surface area contributed by atoms with Gasteiger partial charge in [0.05, 0.1) is 6.07 Å². The molecule has 0 aromatic heterocycles. The molecule has 0 radical (unpaired) electrons. The van der Waals surface area contributed by atoms with Gasteiger partial charge in [-0.15, -0.1) is 0 Å². The standard InChI is InChI=1S/C15H21F2NO2Si/c1-15(11-18,20-21(2,3)4)10-9-12-5-7-13(8-6-12)19-14(16)17/h5-8,14H,9-10H2,1-4H3. The normalized spacial score (nSPS) is 14.6. The molecule has 0 aliphatic rings. The fourth-order valence-corrected chi connectivity index (χ4v) is 3.53. The van der Waals surface area contributed by atoms with Crippen LogP contribution < -0.4 is 4.74 Å². The van der Waals surface area contributed by atoms with Crippen molar-refractivity contribution in [2.45, 2.75) is 51.6 Å².